The number of hydrogen-bond acceptors (Lipinski definition) is 3. The van der Waals surface area contributed by atoms with E-state index in [9.17, 15) is 4.79 Å². The largest absolute Gasteiger partial charge is 0.493 e. The van der Waals surface area contributed by atoms with Gasteiger partial charge in [-0.3, -0.25) is 4.79 Å². The van der Waals surface area contributed by atoms with Gasteiger partial charge in [-0.25, -0.2) is 0 Å². The molecule has 0 amide bonds. The van der Waals surface area contributed by atoms with Crippen molar-refractivity contribution >= 4 is 16.7 Å². The van der Waals surface area contributed by atoms with Crippen LogP contribution in [-0.2, 0) is 6.54 Å². The van der Waals surface area contributed by atoms with Crippen molar-refractivity contribution in [1.82, 2.24) is 4.57 Å². The summed E-state index contributed by atoms with van der Waals surface area (Å²) < 4.78 is 13.4. The predicted octanol–water partition coefficient (Wildman–Crippen LogP) is 5.88. The molecule has 152 valence electrons. The zero-order valence-electron chi connectivity index (χ0n) is 17.1. The van der Waals surface area contributed by atoms with E-state index in [4.69, 9.17) is 9.47 Å². The molecule has 0 bridgehead atoms. The lowest BCUT2D eigenvalue weighted by Gasteiger charge is -2.19. The van der Waals surface area contributed by atoms with E-state index in [0.717, 1.165) is 53.8 Å². The maximum Gasteiger partial charge on any atom is 0.168 e. The second kappa shape index (κ2) is 9.17. The molecule has 4 rings (SSSR count). The van der Waals surface area contributed by atoms with Crippen molar-refractivity contribution in [1.29, 1.82) is 0 Å². The molecule has 0 atom stereocenters. The Hall–Kier alpha value is -2.75. The number of aromatic nitrogens is 1. The molecular weight excluding hydrogens is 362 g/mol. The van der Waals surface area contributed by atoms with Gasteiger partial charge in [-0.1, -0.05) is 49.6 Å². The van der Waals surface area contributed by atoms with Crippen LogP contribution in [0.3, 0.4) is 0 Å². The van der Waals surface area contributed by atoms with Crippen LogP contribution in [0.15, 0.2) is 54.7 Å². The summed E-state index contributed by atoms with van der Waals surface area (Å²) in [7, 11) is 1.65. The summed E-state index contributed by atoms with van der Waals surface area (Å²) in [5.74, 6) is 2.03. The number of nitrogens with zero attached hydrogens (tertiary/aromatic N) is 1. The summed E-state index contributed by atoms with van der Waals surface area (Å²) in [6.45, 7) is 1.41. The quantitative estimate of drug-likeness (QED) is 0.355. The minimum absolute atomic E-state index is 0.192. The molecule has 29 heavy (non-hydrogen) atoms. The van der Waals surface area contributed by atoms with Crippen LogP contribution in [0.1, 0.15) is 48.9 Å². The molecular formula is C25H29NO3. The summed E-state index contributed by atoms with van der Waals surface area (Å²) in [4.78, 5) is 13.2. The molecule has 4 heteroatoms. The molecule has 1 saturated carbocycles. The highest BCUT2D eigenvalue weighted by atomic mass is 16.5. The van der Waals surface area contributed by atoms with E-state index >= 15 is 0 Å². The smallest absolute Gasteiger partial charge is 0.168 e. The van der Waals surface area contributed by atoms with Crippen molar-refractivity contribution in [3.8, 4) is 11.5 Å². The Bertz CT molecular complexity index is 969. The first-order valence-electron chi connectivity index (χ1n) is 10.7. The van der Waals surface area contributed by atoms with Gasteiger partial charge in [0.25, 0.3) is 0 Å². The van der Waals surface area contributed by atoms with Crippen molar-refractivity contribution < 1.29 is 14.3 Å². The zero-order valence-corrected chi connectivity index (χ0v) is 17.1. The lowest BCUT2D eigenvalue weighted by atomic mass is 9.84. The summed E-state index contributed by atoms with van der Waals surface area (Å²) in [6.07, 6.45) is 8.59. The highest BCUT2D eigenvalue weighted by Crippen LogP contribution is 2.31. The first kappa shape index (κ1) is 19.6. The molecule has 4 nitrogen and oxygen atoms in total. The summed E-state index contributed by atoms with van der Waals surface area (Å²) in [6, 6.07) is 15.9. The van der Waals surface area contributed by atoms with E-state index in [1.165, 1.54) is 19.3 Å². The average Bonchev–Trinajstić information content (AvgIpc) is 3.16. The summed E-state index contributed by atoms with van der Waals surface area (Å²) in [5, 5.41) is 1.08. The van der Waals surface area contributed by atoms with Crippen LogP contribution in [0.2, 0.25) is 0 Å². The number of ketones is 1. The van der Waals surface area contributed by atoms with E-state index in [2.05, 4.69) is 22.9 Å². The molecule has 0 saturated heterocycles. The van der Waals surface area contributed by atoms with Crippen molar-refractivity contribution in [3.63, 3.8) is 0 Å². The zero-order chi connectivity index (χ0) is 20.1. The highest BCUT2D eigenvalue weighted by molar-refractivity contribution is 6.09. The molecule has 0 aliphatic heterocycles. The van der Waals surface area contributed by atoms with Gasteiger partial charge in [-0.15, -0.1) is 0 Å². The van der Waals surface area contributed by atoms with E-state index in [-0.39, 0.29) is 5.92 Å². The Morgan fingerprint density at radius 2 is 1.72 bits per heavy atom. The van der Waals surface area contributed by atoms with Gasteiger partial charge in [0.1, 0.15) is 0 Å². The number of rotatable bonds is 8. The molecule has 0 N–H and O–H groups in total. The maximum atomic E-state index is 13.2. The van der Waals surface area contributed by atoms with Crippen LogP contribution in [0, 0.1) is 5.92 Å². The Kier molecular flexibility index (Phi) is 6.18. The third-order valence-corrected chi connectivity index (χ3v) is 5.90. The Balaban J connectivity index is 1.45. The number of carbonyl (C=O) groups excluding carboxylic acids is 1. The van der Waals surface area contributed by atoms with Gasteiger partial charge in [0, 0.05) is 35.1 Å². The van der Waals surface area contributed by atoms with E-state index in [1.807, 2.05) is 36.4 Å². The van der Waals surface area contributed by atoms with E-state index in [1.54, 1.807) is 7.11 Å². The van der Waals surface area contributed by atoms with Crippen LogP contribution < -0.4 is 9.47 Å². The molecule has 3 aromatic rings. The van der Waals surface area contributed by atoms with Gasteiger partial charge in [-0.05, 0) is 37.5 Å². The van der Waals surface area contributed by atoms with Crippen LogP contribution in [0.5, 0.6) is 11.5 Å². The first-order chi connectivity index (χ1) is 14.3. The molecule has 1 heterocycles. The molecule has 1 fully saturated rings. The second-order valence-electron chi connectivity index (χ2n) is 7.81. The summed E-state index contributed by atoms with van der Waals surface area (Å²) in [5.41, 5.74) is 2.02. The molecule has 1 aliphatic carbocycles. The lowest BCUT2D eigenvalue weighted by molar-refractivity contribution is 0.0891. The number of methoxy groups -OCH3 is 1. The Labute approximate surface area is 172 Å². The van der Waals surface area contributed by atoms with Gasteiger partial charge in [0.2, 0.25) is 0 Å². The van der Waals surface area contributed by atoms with Gasteiger partial charge < -0.3 is 14.0 Å². The fraction of sp³-hybridized carbons (Fsp3) is 0.400. The molecule has 0 spiro atoms. The molecule has 0 radical (unpaired) electrons. The third kappa shape index (κ3) is 4.31. The molecule has 1 aliphatic rings. The monoisotopic (exact) mass is 391 g/mol. The van der Waals surface area contributed by atoms with Crippen LogP contribution >= 0.6 is 0 Å². The predicted molar refractivity (Wildman–Crippen MR) is 116 cm³/mol. The number of aryl methyl sites for hydroxylation is 1. The SMILES string of the molecule is COc1ccccc1OCCCn1cc(C(=O)C2CCCCC2)c2ccccc21. The minimum atomic E-state index is 0.192. The van der Waals surface area contributed by atoms with Crippen molar-refractivity contribution in [2.75, 3.05) is 13.7 Å². The van der Waals surface area contributed by atoms with Crippen molar-refractivity contribution in [2.24, 2.45) is 5.92 Å². The van der Waals surface area contributed by atoms with Crippen molar-refractivity contribution in [2.45, 2.75) is 45.1 Å². The van der Waals surface area contributed by atoms with Gasteiger partial charge in [-0.2, -0.15) is 0 Å². The lowest BCUT2D eigenvalue weighted by Crippen LogP contribution is -2.17. The number of Topliss-reactive ketones (excluding diaryl/α,β-unsaturated/α-hetero) is 1. The topological polar surface area (TPSA) is 40.5 Å². The van der Waals surface area contributed by atoms with E-state index in [0.29, 0.717) is 12.4 Å². The van der Waals surface area contributed by atoms with E-state index < -0.39 is 0 Å². The van der Waals surface area contributed by atoms with Crippen LogP contribution in [0.25, 0.3) is 10.9 Å². The number of ether oxygens (including phenoxy) is 2. The highest BCUT2D eigenvalue weighted by Gasteiger charge is 2.25. The first-order valence-corrected chi connectivity index (χ1v) is 10.7. The Morgan fingerprint density at radius 1 is 1.00 bits per heavy atom. The molecule has 2 aromatic carbocycles. The minimum Gasteiger partial charge on any atom is -0.493 e. The average molecular weight is 392 g/mol. The number of para-hydroxylation sites is 3. The molecule has 1 aromatic heterocycles. The van der Waals surface area contributed by atoms with Gasteiger partial charge >= 0.3 is 0 Å². The maximum absolute atomic E-state index is 13.2. The number of fused-ring (bicyclic) bond motifs is 1. The molecule has 0 unspecified atom stereocenters. The fourth-order valence-corrected chi connectivity index (χ4v) is 4.37. The normalized spacial score (nSPS) is 14.8. The number of carbonyl (C=O) groups is 1. The van der Waals surface area contributed by atoms with Crippen LogP contribution in [-0.4, -0.2) is 24.1 Å². The third-order valence-electron chi connectivity index (χ3n) is 5.90. The second-order valence-corrected chi connectivity index (χ2v) is 7.81. The number of hydrogen-bond donors (Lipinski definition) is 0. The fourth-order valence-electron chi connectivity index (χ4n) is 4.37. The number of benzene rings is 2. The summed E-state index contributed by atoms with van der Waals surface area (Å²) >= 11 is 0. The van der Waals surface area contributed by atoms with Crippen LogP contribution in [0.4, 0.5) is 0 Å². The van der Waals surface area contributed by atoms with Gasteiger partial charge in [0.05, 0.1) is 13.7 Å². The standard InChI is InChI=1S/C25H29NO3/c1-28-23-14-7-8-15-24(23)29-17-9-16-26-18-21(20-12-5-6-13-22(20)26)25(27)19-10-3-2-4-11-19/h5-8,12-15,18-19H,2-4,9-11,16-17H2,1H3. The van der Waals surface area contributed by atoms with Crippen molar-refractivity contribution in [3.05, 3.63) is 60.3 Å². The Morgan fingerprint density at radius 3 is 2.52 bits per heavy atom. The van der Waals surface area contributed by atoms with Gasteiger partial charge in [0.15, 0.2) is 17.3 Å².